The summed E-state index contributed by atoms with van der Waals surface area (Å²) >= 11 is 16.8. The van der Waals surface area contributed by atoms with E-state index in [4.69, 9.17) is 41.2 Å². The number of hydrogen-bond acceptors (Lipinski definition) is 2. The van der Waals surface area contributed by atoms with E-state index in [-0.39, 0.29) is 16.9 Å². The minimum absolute atomic E-state index is 0.0215. The summed E-state index contributed by atoms with van der Waals surface area (Å²) in [5.74, 6) is -0.0539. The van der Waals surface area contributed by atoms with E-state index < -0.39 is 0 Å². The van der Waals surface area contributed by atoms with Crippen LogP contribution in [-0.2, 0) is 4.79 Å². The van der Waals surface area contributed by atoms with Crippen LogP contribution in [0.5, 0.6) is 0 Å². The number of nitrogens with zero attached hydrogens (tertiary/aromatic N) is 1. The van der Waals surface area contributed by atoms with Gasteiger partial charge in [-0.25, -0.2) is 5.01 Å². The summed E-state index contributed by atoms with van der Waals surface area (Å²) in [6.07, 6.45) is 1.79. The molecule has 96 valence electrons. The van der Waals surface area contributed by atoms with E-state index >= 15 is 0 Å². The van der Waals surface area contributed by atoms with Crippen LogP contribution in [0.15, 0.2) is 18.2 Å². The molecule has 0 aliphatic heterocycles. The topological polar surface area (TPSA) is 58.4 Å². The van der Waals surface area contributed by atoms with Crippen molar-refractivity contribution in [1.82, 2.24) is 5.43 Å². The fourth-order valence-corrected chi connectivity index (χ4v) is 2.08. The molecule has 1 aliphatic carbocycles. The molecule has 7 heteroatoms. The number of halogens is 2. The van der Waals surface area contributed by atoms with Crippen molar-refractivity contribution in [2.75, 3.05) is 5.01 Å². The summed E-state index contributed by atoms with van der Waals surface area (Å²) in [7, 11) is 0. The molecule has 1 aliphatic rings. The Morgan fingerprint density at radius 2 is 2.11 bits per heavy atom. The molecule has 0 bridgehead atoms. The maximum absolute atomic E-state index is 11.7. The Hall–Kier alpha value is -1.04. The zero-order valence-electron chi connectivity index (χ0n) is 9.32. The molecular formula is C11H11Cl2N3OS. The van der Waals surface area contributed by atoms with Crippen molar-refractivity contribution in [2.24, 2.45) is 11.7 Å². The lowest BCUT2D eigenvalue weighted by molar-refractivity contribution is -0.122. The number of thiocarbonyl (C=S) groups is 1. The van der Waals surface area contributed by atoms with Gasteiger partial charge >= 0.3 is 0 Å². The number of nitrogens with one attached hydrogen (secondary N) is 1. The van der Waals surface area contributed by atoms with E-state index in [2.05, 4.69) is 5.43 Å². The highest BCUT2D eigenvalue weighted by Gasteiger charge is 2.31. The van der Waals surface area contributed by atoms with E-state index in [9.17, 15) is 4.79 Å². The lowest BCUT2D eigenvalue weighted by Crippen LogP contribution is -2.49. The first-order chi connectivity index (χ1) is 8.49. The largest absolute Gasteiger partial charge is 0.374 e. The standard InChI is InChI=1S/C11H11Cl2N3OS/c12-7-3-4-9(8(13)5-7)16(11(14)18)15-10(17)6-1-2-6/h3-6H,1-2H2,(H2,14,18)(H,15,17). The average Bonchev–Trinajstić information content (AvgIpc) is 3.09. The van der Waals surface area contributed by atoms with Gasteiger partial charge in [0, 0.05) is 10.9 Å². The predicted octanol–water partition coefficient (Wildman–Crippen LogP) is 2.48. The molecule has 0 unspecified atom stereocenters. The highest BCUT2D eigenvalue weighted by Crippen LogP contribution is 2.31. The van der Waals surface area contributed by atoms with Crippen molar-refractivity contribution in [3.8, 4) is 0 Å². The quantitative estimate of drug-likeness (QED) is 0.651. The minimum Gasteiger partial charge on any atom is -0.374 e. The molecule has 18 heavy (non-hydrogen) atoms. The van der Waals surface area contributed by atoms with Gasteiger partial charge in [-0.15, -0.1) is 0 Å². The monoisotopic (exact) mass is 303 g/mol. The average molecular weight is 304 g/mol. The molecule has 0 aromatic heterocycles. The van der Waals surface area contributed by atoms with Crippen LogP contribution in [0.1, 0.15) is 12.8 Å². The minimum atomic E-state index is -0.103. The number of hydrazine groups is 1. The lowest BCUT2D eigenvalue weighted by atomic mass is 10.3. The fraction of sp³-hybridized carbons (Fsp3) is 0.273. The SMILES string of the molecule is NC(=S)N(NC(=O)C1CC1)c1ccc(Cl)cc1Cl. The maximum Gasteiger partial charge on any atom is 0.241 e. The summed E-state index contributed by atoms with van der Waals surface area (Å²) < 4.78 is 0. The summed E-state index contributed by atoms with van der Waals surface area (Å²) in [5, 5.41) is 2.19. The third-order valence-electron chi connectivity index (χ3n) is 2.54. The summed E-state index contributed by atoms with van der Waals surface area (Å²) in [5.41, 5.74) is 8.75. The van der Waals surface area contributed by atoms with Crippen molar-refractivity contribution in [2.45, 2.75) is 12.8 Å². The van der Waals surface area contributed by atoms with Gasteiger partial charge in [0.25, 0.3) is 0 Å². The van der Waals surface area contributed by atoms with E-state index in [1.165, 1.54) is 5.01 Å². The van der Waals surface area contributed by atoms with Gasteiger partial charge in [0.05, 0.1) is 10.7 Å². The van der Waals surface area contributed by atoms with Gasteiger partial charge < -0.3 is 5.73 Å². The number of hydrogen-bond donors (Lipinski definition) is 2. The maximum atomic E-state index is 11.7. The van der Waals surface area contributed by atoms with Crippen LogP contribution in [-0.4, -0.2) is 11.0 Å². The van der Waals surface area contributed by atoms with Gasteiger partial charge in [-0.05, 0) is 43.3 Å². The second kappa shape index (κ2) is 5.30. The number of carbonyl (C=O) groups is 1. The molecule has 2 rings (SSSR count). The highest BCUT2D eigenvalue weighted by molar-refractivity contribution is 7.80. The zero-order chi connectivity index (χ0) is 13.3. The number of nitrogens with two attached hydrogens (primary N) is 1. The van der Waals surface area contributed by atoms with Crippen molar-refractivity contribution >= 4 is 52.1 Å². The van der Waals surface area contributed by atoms with Crippen LogP contribution in [0.4, 0.5) is 5.69 Å². The number of rotatable bonds is 2. The van der Waals surface area contributed by atoms with E-state index in [0.717, 1.165) is 12.8 Å². The Labute approximate surface area is 120 Å². The number of carbonyl (C=O) groups excluding carboxylic acids is 1. The molecule has 4 nitrogen and oxygen atoms in total. The molecule has 1 saturated carbocycles. The van der Waals surface area contributed by atoms with E-state index in [1.54, 1.807) is 18.2 Å². The molecule has 1 aromatic carbocycles. The zero-order valence-corrected chi connectivity index (χ0v) is 11.6. The summed E-state index contributed by atoms with van der Waals surface area (Å²) in [6, 6.07) is 4.86. The third-order valence-corrected chi connectivity index (χ3v) is 3.26. The van der Waals surface area contributed by atoms with E-state index in [1.807, 2.05) is 0 Å². The normalized spacial score (nSPS) is 14.1. The fourth-order valence-electron chi connectivity index (χ4n) is 1.44. The first-order valence-electron chi connectivity index (χ1n) is 5.34. The van der Waals surface area contributed by atoms with E-state index in [0.29, 0.717) is 15.7 Å². The Bertz CT molecular complexity index is 505. The van der Waals surface area contributed by atoms with Crippen molar-refractivity contribution < 1.29 is 4.79 Å². The third kappa shape index (κ3) is 3.04. The highest BCUT2D eigenvalue weighted by atomic mass is 35.5. The Balaban J connectivity index is 2.23. The Morgan fingerprint density at radius 3 is 2.61 bits per heavy atom. The molecule has 1 fully saturated rings. The van der Waals surface area contributed by atoms with Gasteiger partial charge in [0.1, 0.15) is 0 Å². The van der Waals surface area contributed by atoms with Crippen LogP contribution >= 0.6 is 35.4 Å². The van der Waals surface area contributed by atoms with Crippen LogP contribution in [0.2, 0.25) is 10.0 Å². The molecule has 0 spiro atoms. The van der Waals surface area contributed by atoms with Crippen LogP contribution < -0.4 is 16.2 Å². The first-order valence-corrected chi connectivity index (χ1v) is 6.50. The summed E-state index contributed by atoms with van der Waals surface area (Å²) in [6.45, 7) is 0. The second-order valence-corrected chi connectivity index (χ2v) is 5.28. The van der Waals surface area contributed by atoms with Crippen molar-refractivity contribution in [3.63, 3.8) is 0 Å². The predicted molar refractivity (Wildman–Crippen MR) is 76.6 cm³/mol. The molecule has 1 aromatic rings. The van der Waals surface area contributed by atoms with Crippen molar-refractivity contribution in [3.05, 3.63) is 28.2 Å². The number of amides is 1. The molecule has 0 atom stereocenters. The van der Waals surface area contributed by atoms with Gasteiger partial charge in [-0.2, -0.15) is 0 Å². The summed E-state index contributed by atoms with van der Waals surface area (Å²) in [4.78, 5) is 11.7. The van der Waals surface area contributed by atoms with Gasteiger partial charge in [0.15, 0.2) is 5.11 Å². The molecule has 0 saturated heterocycles. The van der Waals surface area contributed by atoms with Crippen LogP contribution in [0.3, 0.4) is 0 Å². The van der Waals surface area contributed by atoms with Gasteiger partial charge in [0.2, 0.25) is 5.91 Å². The van der Waals surface area contributed by atoms with Crippen molar-refractivity contribution in [1.29, 1.82) is 0 Å². The molecular weight excluding hydrogens is 293 g/mol. The second-order valence-electron chi connectivity index (χ2n) is 4.02. The van der Waals surface area contributed by atoms with Gasteiger partial charge in [-0.3, -0.25) is 10.2 Å². The van der Waals surface area contributed by atoms with Gasteiger partial charge in [-0.1, -0.05) is 23.2 Å². The Kier molecular flexibility index (Phi) is 3.94. The lowest BCUT2D eigenvalue weighted by Gasteiger charge is -2.24. The number of benzene rings is 1. The number of anilines is 1. The molecule has 3 N–H and O–H groups in total. The molecule has 0 heterocycles. The molecule has 1 amide bonds. The molecule has 0 radical (unpaired) electrons. The van der Waals surface area contributed by atoms with Crippen LogP contribution in [0.25, 0.3) is 0 Å². The first kappa shape index (κ1) is 13.4. The smallest absolute Gasteiger partial charge is 0.241 e. The Morgan fingerprint density at radius 1 is 1.44 bits per heavy atom. The van der Waals surface area contributed by atoms with Crippen LogP contribution in [0, 0.1) is 5.92 Å².